The van der Waals surface area contributed by atoms with Crippen molar-refractivity contribution in [2.45, 2.75) is 11.8 Å². The van der Waals surface area contributed by atoms with Crippen molar-refractivity contribution in [1.82, 2.24) is 0 Å². The number of anilines is 2. The number of carbonyl (C=O) groups excluding carboxylic acids is 1. The summed E-state index contributed by atoms with van der Waals surface area (Å²) in [6.45, 7) is 1.79. The predicted octanol–water partition coefficient (Wildman–Crippen LogP) is 3.63. The van der Waals surface area contributed by atoms with Crippen LogP contribution in [-0.2, 0) is 14.8 Å². The van der Waals surface area contributed by atoms with Crippen LogP contribution in [0.15, 0.2) is 47.4 Å². The van der Waals surface area contributed by atoms with Gasteiger partial charge in [0.15, 0.2) is 0 Å². The molecule has 122 valence electrons. The molecule has 0 spiro atoms. The highest BCUT2D eigenvalue weighted by Gasteiger charge is 2.15. The van der Waals surface area contributed by atoms with Crippen LogP contribution in [0.4, 0.5) is 16.2 Å². The lowest BCUT2D eigenvalue weighted by atomic mass is 10.2. The first-order valence-corrected chi connectivity index (χ1v) is 8.42. The first kappa shape index (κ1) is 17.1. The Morgan fingerprint density at radius 3 is 2.26 bits per heavy atom. The fourth-order valence-corrected chi connectivity index (χ4v) is 3.07. The highest BCUT2D eigenvalue weighted by molar-refractivity contribution is 7.92. The molecule has 2 N–H and O–H groups in total. The SMILES string of the molecule is COC(=O)Nc1ccc(NS(=O)(=O)c2ccc(C)c(Cl)c2)cc1. The number of methoxy groups -OCH3 is 1. The molecule has 0 aliphatic carbocycles. The van der Waals surface area contributed by atoms with Crippen molar-refractivity contribution >= 4 is 39.1 Å². The zero-order valence-corrected chi connectivity index (χ0v) is 14.0. The first-order valence-electron chi connectivity index (χ1n) is 6.56. The molecule has 1 amide bonds. The molecule has 0 aliphatic heterocycles. The van der Waals surface area contributed by atoms with Gasteiger partial charge in [0, 0.05) is 16.4 Å². The van der Waals surface area contributed by atoms with Crippen molar-refractivity contribution in [3.8, 4) is 0 Å². The standard InChI is InChI=1S/C15H15ClN2O4S/c1-10-3-8-13(9-14(10)16)23(20,21)18-12-6-4-11(5-7-12)17-15(19)22-2/h3-9,18H,1-2H3,(H,17,19). The fourth-order valence-electron chi connectivity index (χ4n) is 1.75. The van der Waals surface area contributed by atoms with Crippen molar-refractivity contribution in [3.05, 3.63) is 53.1 Å². The molecule has 0 atom stereocenters. The van der Waals surface area contributed by atoms with Crippen LogP contribution in [0, 0.1) is 6.92 Å². The summed E-state index contributed by atoms with van der Waals surface area (Å²) in [7, 11) is -2.49. The normalized spacial score (nSPS) is 10.9. The van der Waals surface area contributed by atoms with E-state index in [1.165, 1.54) is 31.4 Å². The molecular weight excluding hydrogens is 340 g/mol. The molecule has 0 saturated heterocycles. The molecule has 23 heavy (non-hydrogen) atoms. The van der Waals surface area contributed by atoms with Crippen molar-refractivity contribution in [3.63, 3.8) is 0 Å². The lowest BCUT2D eigenvalue weighted by Crippen LogP contribution is -2.13. The minimum absolute atomic E-state index is 0.0739. The summed E-state index contributed by atoms with van der Waals surface area (Å²) in [6, 6.07) is 10.7. The maximum absolute atomic E-state index is 12.3. The number of rotatable bonds is 4. The van der Waals surface area contributed by atoms with Gasteiger partial charge in [-0.15, -0.1) is 0 Å². The van der Waals surface area contributed by atoms with Gasteiger partial charge in [-0.1, -0.05) is 17.7 Å². The quantitative estimate of drug-likeness (QED) is 0.878. The maximum Gasteiger partial charge on any atom is 0.411 e. The van der Waals surface area contributed by atoms with Gasteiger partial charge in [0.1, 0.15) is 0 Å². The Hall–Kier alpha value is -2.25. The Labute approximate surface area is 139 Å². The van der Waals surface area contributed by atoms with Gasteiger partial charge in [-0.25, -0.2) is 13.2 Å². The van der Waals surface area contributed by atoms with Gasteiger partial charge in [0.2, 0.25) is 0 Å². The molecule has 0 aliphatic rings. The van der Waals surface area contributed by atoms with E-state index < -0.39 is 16.1 Å². The number of sulfonamides is 1. The summed E-state index contributed by atoms with van der Waals surface area (Å²) < 4.78 is 31.5. The van der Waals surface area contributed by atoms with Crippen LogP contribution in [0.25, 0.3) is 0 Å². The van der Waals surface area contributed by atoms with Crippen LogP contribution in [-0.4, -0.2) is 21.6 Å². The Morgan fingerprint density at radius 1 is 1.09 bits per heavy atom. The van der Waals surface area contributed by atoms with Gasteiger partial charge < -0.3 is 4.74 Å². The van der Waals surface area contributed by atoms with Crippen molar-refractivity contribution in [2.75, 3.05) is 17.1 Å². The Bertz CT molecular complexity index is 820. The highest BCUT2D eigenvalue weighted by Crippen LogP contribution is 2.23. The molecule has 2 aromatic carbocycles. The van der Waals surface area contributed by atoms with E-state index in [0.717, 1.165) is 5.56 Å². The molecule has 0 fully saturated rings. The van der Waals surface area contributed by atoms with E-state index in [1.54, 1.807) is 25.1 Å². The molecule has 2 aromatic rings. The number of aryl methyl sites for hydroxylation is 1. The second-order valence-corrected chi connectivity index (χ2v) is 6.80. The third-order valence-electron chi connectivity index (χ3n) is 3.02. The number of hydrogen-bond donors (Lipinski definition) is 2. The summed E-state index contributed by atoms with van der Waals surface area (Å²) in [6.07, 6.45) is -0.604. The topological polar surface area (TPSA) is 84.5 Å². The van der Waals surface area contributed by atoms with Crippen LogP contribution in [0.2, 0.25) is 5.02 Å². The third kappa shape index (κ3) is 4.37. The maximum atomic E-state index is 12.3. The minimum atomic E-state index is -3.74. The van der Waals surface area contributed by atoms with Crippen molar-refractivity contribution < 1.29 is 17.9 Å². The summed E-state index contributed by atoms with van der Waals surface area (Å²) in [5.74, 6) is 0. The van der Waals surface area contributed by atoms with E-state index in [0.29, 0.717) is 16.4 Å². The van der Waals surface area contributed by atoms with Crippen molar-refractivity contribution in [1.29, 1.82) is 0 Å². The van der Waals surface area contributed by atoms with Gasteiger partial charge in [-0.3, -0.25) is 10.0 Å². The van der Waals surface area contributed by atoms with E-state index in [1.807, 2.05) is 0 Å². The summed E-state index contributed by atoms with van der Waals surface area (Å²) in [5, 5.41) is 2.85. The molecule has 8 heteroatoms. The number of ether oxygens (including phenoxy) is 1. The average molecular weight is 355 g/mol. The third-order valence-corrected chi connectivity index (χ3v) is 4.81. The van der Waals surface area contributed by atoms with Gasteiger partial charge in [0.25, 0.3) is 10.0 Å². The largest absolute Gasteiger partial charge is 0.453 e. The fraction of sp³-hybridized carbons (Fsp3) is 0.133. The summed E-state index contributed by atoms with van der Waals surface area (Å²) in [5.41, 5.74) is 1.64. The number of benzene rings is 2. The Kier molecular flexibility index (Phi) is 5.12. The van der Waals surface area contributed by atoms with Crippen LogP contribution in [0.3, 0.4) is 0 Å². The van der Waals surface area contributed by atoms with Gasteiger partial charge in [0.05, 0.1) is 12.0 Å². The smallest absolute Gasteiger partial charge is 0.411 e. The number of carbonyl (C=O) groups is 1. The van der Waals surface area contributed by atoms with Crippen LogP contribution < -0.4 is 10.0 Å². The van der Waals surface area contributed by atoms with Crippen LogP contribution in [0.1, 0.15) is 5.56 Å². The van der Waals surface area contributed by atoms with E-state index >= 15 is 0 Å². The predicted molar refractivity (Wildman–Crippen MR) is 89.5 cm³/mol. The molecule has 2 rings (SSSR count). The van der Waals surface area contributed by atoms with Gasteiger partial charge in [-0.2, -0.15) is 0 Å². The second-order valence-electron chi connectivity index (χ2n) is 4.71. The lowest BCUT2D eigenvalue weighted by molar-refractivity contribution is 0.187. The van der Waals surface area contributed by atoms with E-state index in [9.17, 15) is 13.2 Å². The van der Waals surface area contributed by atoms with Gasteiger partial charge in [-0.05, 0) is 48.9 Å². The number of halogens is 1. The monoisotopic (exact) mass is 354 g/mol. The Morgan fingerprint density at radius 2 is 1.70 bits per heavy atom. The first-order chi connectivity index (χ1) is 10.8. The molecule has 0 saturated carbocycles. The Balaban J connectivity index is 2.17. The van der Waals surface area contributed by atoms with E-state index in [2.05, 4.69) is 14.8 Å². The summed E-state index contributed by atoms with van der Waals surface area (Å²) in [4.78, 5) is 11.2. The average Bonchev–Trinajstić information content (AvgIpc) is 2.51. The molecule has 0 heterocycles. The minimum Gasteiger partial charge on any atom is -0.453 e. The van der Waals surface area contributed by atoms with E-state index in [-0.39, 0.29) is 4.90 Å². The molecule has 6 nitrogen and oxygen atoms in total. The molecular formula is C15H15ClN2O4S. The van der Waals surface area contributed by atoms with Crippen LogP contribution in [0.5, 0.6) is 0 Å². The number of hydrogen-bond acceptors (Lipinski definition) is 4. The zero-order valence-electron chi connectivity index (χ0n) is 12.5. The molecule has 0 bridgehead atoms. The van der Waals surface area contributed by atoms with Crippen LogP contribution >= 0.6 is 11.6 Å². The van der Waals surface area contributed by atoms with E-state index in [4.69, 9.17) is 11.6 Å². The molecule has 0 unspecified atom stereocenters. The lowest BCUT2D eigenvalue weighted by Gasteiger charge is -2.10. The molecule has 0 aromatic heterocycles. The highest BCUT2D eigenvalue weighted by atomic mass is 35.5. The second kappa shape index (κ2) is 6.89. The zero-order chi connectivity index (χ0) is 17.0. The number of nitrogens with one attached hydrogen (secondary N) is 2. The van der Waals surface area contributed by atoms with Gasteiger partial charge >= 0.3 is 6.09 Å². The summed E-state index contributed by atoms with van der Waals surface area (Å²) >= 11 is 5.96. The number of amides is 1. The molecule has 0 radical (unpaired) electrons. The van der Waals surface area contributed by atoms with Crippen molar-refractivity contribution in [2.24, 2.45) is 0 Å².